The summed E-state index contributed by atoms with van der Waals surface area (Å²) >= 11 is 0.0503. The molecule has 0 aliphatic heterocycles. The Morgan fingerprint density at radius 2 is 1.79 bits per heavy atom. The van der Waals surface area contributed by atoms with Gasteiger partial charge >= 0.3 is 98.8 Å². The minimum atomic E-state index is -0.204. The van der Waals surface area contributed by atoms with Crippen molar-refractivity contribution in [2.75, 3.05) is 0 Å². The zero-order valence-corrected chi connectivity index (χ0v) is 13.1. The average molecular weight is 372 g/mol. The van der Waals surface area contributed by atoms with Crippen LogP contribution in [0.2, 0.25) is 0 Å². The Kier molecular flexibility index (Phi) is 2.82. The fourth-order valence-electron chi connectivity index (χ4n) is 1.48. The molecule has 14 heavy (non-hydrogen) atoms. The number of carbonyl (C=O) groups is 1. The monoisotopic (exact) mass is 373 g/mol. The average Bonchev–Trinajstić information content (AvgIpc) is 2.27. The summed E-state index contributed by atoms with van der Waals surface area (Å²) in [5.41, 5.74) is 0.665. The molecule has 2 nitrogen and oxygen atoms in total. The van der Waals surface area contributed by atoms with Crippen LogP contribution in [0.1, 0.15) is 10.4 Å². The number of carbonyl (C=O) groups excluding carboxylic acids is 1. The van der Waals surface area contributed by atoms with Crippen LogP contribution < -0.4 is 0 Å². The van der Waals surface area contributed by atoms with E-state index in [0.717, 1.165) is 10.8 Å². The van der Waals surface area contributed by atoms with Crippen molar-refractivity contribution in [1.82, 2.24) is 0 Å². The van der Waals surface area contributed by atoms with E-state index in [1.807, 2.05) is 36.4 Å². The second-order valence-electron chi connectivity index (χ2n) is 2.96. The Labute approximate surface area is 98.5 Å². The second-order valence-corrected chi connectivity index (χ2v) is 4.08. The third kappa shape index (κ3) is 1.66. The van der Waals surface area contributed by atoms with Crippen molar-refractivity contribution in [3.63, 3.8) is 0 Å². The van der Waals surface area contributed by atoms with E-state index in [0.29, 0.717) is 5.56 Å². The molecule has 0 fully saturated rings. The molecule has 0 N–H and O–H groups in total. The van der Waals surface area contributed by atoms with E-state index >= 15 is 0 Å². The Morgan fingerprint density at radius 1 is 1.07 bits per heavy atom. The normalized spacial score (nSPS) is 10.1. The summed E-state index contributed by atoms with van der Waals surface area (Å²) in [6.07, 6.45) is 0. The molecule has 3 heteroatoms. The molecule has 0 saturated carbocycles. The Bertz CT molecular complexity index is 474. The maximum atomic E-state index is 11.5. The zero-order valence-electron chi connectivity index (χ0n) is 7.57. The second kappa shape index (κ2) is 4.09. The van der Waals surface area contributed by atoms with Crippen molar-refractivity contribution >= 4 is 16.7 Å². The molecule has 0 unspecified atom stereocenters. The predicted octanol–water partition coefficient (Wildman–Crippen LogP) is 2.46. The van der Waals surface area contributed by atoms with Crippen molar-refractivity contribution in [3.05, 3.63) is 48.0 Å². The summed E-state index contributed by atoms with van der Waals surface area (Å²) in [7, 11) is 0. The van der Waals surface area contributed by atoms with E-state index in [2.05, 4.69) is 0 Å². The first-order chi connectivity index (χ1) is 6.83. The molecule has 0 radical (unpaired) electrons. The molecule has 2 rings (SSSR count). The minimum absolute atomic E-state index is 0.0503. The molecule has 0 aliphatic carbocycles. The number of hydrogen-bond acceptors (Lipinski definition) is 2. The Hall–Kier alpha value is -0.895. The van der Waals surface area contributed by atoms with Gasteiger partial charge in [0.15, 0.2) is 0 Å². The van der Waals surface area contributed by atoms with Crippen LogP contribution in [-0.2, 0) is 29.2 Å². The summed E-state index contributed by atoms with van der Waals surface area (Å²) in [4.78, 5) is 11.5. The van der Waals surface area contributed by atoms with Crippen molar-refractivity contribution in [3.8, 4) is 0 Å². The maximum absolute atomic E-state index is 11.5. The van der Waals surface area contributed by atoms with E-state index < -0.39 is 0 Å². The molecule has 0 saturated heterocycles. The van der Waals surface area contributed by atoms with Gasteiger partial charge in [0.05, 0.1) is 0 Å². The van der Waals surface area contributed by atoms with Crippen LogP contribution >= 0.6 is 0 Å². The number of fused-ring (bicyclic) bond motifs is 1. The van der Waals surface area contributed by atoms with E-state index in [-0.39, 0.29) is 32.5 Å². The summed E-state index contributed by atoms with van der Waals surface area (Å²) in [5.74, 6) is -0.204. The van der Waals surface area contributed by atoms with Crippen LogP contribution in [0.25, 0.3) is 10.8 Å². The van der Waals surface area contributed by atoms with Crippen LogP contribution in [0.5, 0.6) is 0 Å². The van der Waals surface area contributed by atoms with Gasteiger partial charge in [0, 0.05) is 0 Å². The molecule has 0 amide bonds. The Morgan fingerprint density at radius 3 is 2.57 bits per heavy atom. The van der Waals surface area contributed by atoms with E-state index in [4.69, 9.17) is 2.64 Å². The van der Waals surface area contributed by atoms with Gasteiger partial charge in [-0.2, -0.15) is 0 Å². The van der Waals surface area contributed by atoms with E-state index in [1.54, 1.807) is 6.07 Å². The fourth-order valence-corrected chi connectivity index (χ4v) is 2.09. The number of rotatable bonds is 1. The molecule has 65 valence electrons. The zero-order chi connectivity index (χ0) is 9.97. The van der Waals surface area contributed by atoms with Gasteiger partial charge in [0.25, 0.3) is 0 Å². The van der Waals surface area contributed by atoms with Crippen molar-refractivity contribution in [2.45, 2.75) is 0 Å². The van der Waals surface area contributed by atoms with Gasteiger partial charge in [-0.25, -0.2) is 0 Å². The van der Waals surface area contributed by atoms with Crippen molar-refractivity contribution in [1.29, 1.82) is 0 Å². The summed E-state index contributed by atoms with van der Waals surface area (Å²) in [6.45, 7) is 0. The first-order valence-corrected chi connectivity index (χ1v) is 6.51. The fraction of sp³-hybridized carbons (Fsp3) is 0. The molecule has 0 aromatic heterocycles. The van der Waals surface area contributed by atoms with Crippen LogP contribution in [0.3, 0.4) is 0 Å². The standard InChI is InChI=1S/C11H8O2.Hg/c12-11(13)10-7-3-5-8-4-1-2-6-9(8)10;/h1-7H,(H,12,13);/q;+1/p-1. The molecule has 0 heterocycles. The van der Waals surface area contributed by atoms with Crippen LogP contribution in [0.4, 0.5) is 0 Å². The first-order valence-electron chi connectivity index (χ1n) is 4.27. The van der Waals surface area contributed by atoms with E-state index in [9.17, 15) is 4.79 Å². The van der Waals surface area contributed by atoms with Gasteiger partial charge in [-0.3, -0.25) is 0 Å². The third-order valence-electron chi connectivity index (χ3n) is 2.14. The number of hydrogen-bond donors (Lipinski definition) is 0. The summed E-state index contributed by atoms with van der Waals surface area (Å²) < 4.78 is 4.90. The molecule has 2 aromatic carbocycles. The predicted molar refractivity (Wildman–Crippen MR) is 49.4 cm³/mol. The van der Waals surface area contributed by atoms with Gasteiger partial charge in [-0.15, -0.1) is 0 Å². The molecule has 0 aliphatic rings. The Balaban J connectivity index is 2.71. The topological polar surface area (TPSA) is 26.3 Å². The van der Waals surface area contributed by atoms with Crippen molar-refractivity contribution < 1.29 is 34.0 Å². The molecule has 0 bridgehead atoms. The quantitative estimate of drug-likeness (QED) is 0.720. The van der Waals surface area contributed by atoms with Gasteiger partial charge in [0.2, 0.25) is 0 Å². The first kappa shape index (κ1) is 9.65. The molecular formula is C11H7HgO2. The number of benzene rings is 2. The summed E-state index contributed by atoms with van der Waals surface area (Å²) in [6, 6.07) is 13.5. The molecule has 2 aromatic rings. The van der Waals surface area contributed by atoms with Gasteiger partial charge in [-0.05, 0) is 0 Å². The van der Waals surface area contributed by atoms with E-state index in [1.165, 1.54) is 0 Å². The molecule has 0 atom stereocenters. The van der Waals surface area contributed by atoms with Crippen LogP contribution in [-0.4, -0.2) is 5.97 Å². The SMILES string of the molecule is O=C([O][Hg])c1cccc2ccccc12. The van der Waals surface area contributed by atoms with Crippen molar-refractivity contribution in [2.24, 2.45) is 0 Å². The van der Waals surface area contributed by atoms with Crippen LogP contribution in [0, 0.1) is 0 Å². The molecule has 0 spiro atoms. The third-order valence-corrected chi connectivity index (χ3v) is 3.16. The van der Waals surface area contributed by atoms with Gasteiger partial charge < -0.3 is 0 Å². The van der Waals surface area contributed by atoms with Gasteiger partial charge in [0.1, 0.15) is 0 Å². The van der Waals surface area contributed by atoms with Gasteiger partial charge in [-0.1, -0.05) is 0 Å². The summed E-state index contributed by atoms with van der Waals surface area (Å²) in [5, 5.41) is 2.04. The molecular weight excluding hydrogens is 365 g/mol. The van der Waals surface area contributed by atoms with Crippen LogP contribution in [0.15, 0.2) is 42.5 Å².